The van der Waals surface area contributed by atoms with Gasteiger partial charge >= 0.3 is 0 Å². The summed E-state index contributed by atoms with van der Waals surface area (Å²) in [6.45, 7) is 5.87. The zero-order chi connectivity index (χ0) is 16.6. The number of aryl methyl sites for hydroxylation is 1. The molecule has 0 aliphatic carbocycles. The molecule has 24 heavy (non-hydrogen) atoms. The summed E-state index contributed by atoms with van der Waals surface area (Å²) in [5, 5.41) is 13.0. The van der Waals surface area contributed by atoms with Crippen LogP contribution in [0.3, 0.4) is 0 Å². The Morgan fingerprint density at radius 2 is 1.25 bits per heavy atom. The normalized spacial score (nSPS) is 10.7. The first-order valence-electron chi connectivity index (χ1n) is 8.56. The molecule has 3 heteroatoms. The van der Waals surface area contributed by atoms with Gasteiger partial charge in [0.25, 0.3) is 0 Å². The van der Waals surface area contributed by atoms with E-state index in [0.29, 0.717) is 0 Å². The fraction of sp³-hybridized carbons (Fsp3) is 0.238. The maximum Gasteiger partial charge on any atom is 0.0420 e. The van der Waals surface area contributed by atoms with Gasteiger partial charge in [-0.3, -0.25) is 0 Å². The zero-order valence-electron chi connectivity index (χ0n) is 14.2. The Balaban J connectivity index is 1.37. The van der Waals surface area contributed by atoms with E-state index in [1.165, 1.54) is 27.7 Å². The molecule has 0 bridgehead atoms. The van der Waals surface area contributed by atoms with Crippen molar-refractivity contribution in [2.45, 2.75) is 6.92 Å². The highest BCUT2D eigenvalue weighted by Crippen LogP contribution is 2.22. The first-order chi connectivity index (χ1) is 11.8. The molecule has 0 aromatic heterocycles. The highest BCUT2D eigenvalue weighted by molar-refractivity contribution is 5.93. The minimum Gasteiger partial charge on any atom is -0.384 e. The van der Waals surface area contributed by atoms with E-state index >= 15 is 0 Å². The predicted octanol–water partition coefficient (Wildman–Crippen LogP) is 4.26. The van der Waals surface area contributed by atoms with E-state index in [9.17, 15) is 0 Å². The molecule has 0 atom stereocenters. The monoisotopic (exact) mass is 319 g/mol. The van der Waals surface area contributed by atoms with Gasteiger partial charge in [0.1, 0.15) is 0 Å². The van der Waals surface area contributed by atoms with Crippen LogP contribution in [0.15, 0.2) is 66.7 Å². The molecule has 0 aliphatic rings. The number of nitrogens with one attached hydrogen (secondary N) is 3. The summed E-state index contributed by atoms with van der Waals surface area (Å²) in [5.74, 6) is 0. The second-order valence-corrected chi connectivity index (χ2v) is 5.95. The van der Waals surface area contributed by atoms with Crippen LogP contribution in [0.5, 0.6) is 0 Å². The molecular formula is C21H25N3. The van der Waals surface area contributed by atoms with Gasteiger partial charge in [0.05, 0.1) is 0 Å². The fourth-order valence-electron chi connectivity index (χ4n) is 2.85. The Bertz CT molecular complexity index is 777. The standard InChI is InChI=1S/C21H25N3/c1-17-7-2-5-11-20(17)23-15-13-22-14-16-24-21-12-6-9-18-8-3-4-10-19(18)21/h2-12,22-24H,13-16H2,1H3. The van der Waals surface area contributed by atoms with E-state index in [0.717, 1.165) is 26.2 Å². The number of para-hydroxylation sites is 1. The summed E-state index contributed by atoms with van der Waals surface area (Å²) in [4.78, 5) is 0. The lowest BCUT2D eigenvalue weighted by atomic mass is 10.1. The van der Waals surface area contributed by atoms with E-state index in [4.69, 9.17) is 0 Å². The van der Waals surface area contributed by atoms with Crippen molar-refractivity contribution in [3.8, 4) is 0 Å². The van der Waals surface area contributed by atoms with Crippen molar-refractivity contribution in [1.29, 1.82) is 0 Å². The molecule has 0 unspecified atom stereocenters. The number of benzene rings is 3. The Morgan fingerprint density at radius 1 is 0.625 bits per heavy atom. The van der Waals surface area contributed by atoms with Crippen LogP contribution in [-0.2, 0) is 0 Å². The third kappa shape index (κ3) is 4.27. The molecule has 0 saturated carbocycles. The molecule has 0 spiro atoms. The third-order valence-corrected chi connectivity index (χ3v) is 4.17. The lowest BCUT2D eigenvalue weighted by molar-refractivity contribution is 0.719. The van der Waals surface area contributed by atoms with Crippen LogP contribution in [0, 0.1) is 6.92 Å². The number of fused-ring (bicyclic) bond motifs is 1. The lowest BCUT2D eigenvalue weighted by Crippen LogP contribution is -2.27. The van der Waals surface area contributed by atoms with Gasteiger partial charge in [-0.15, -0.1) is 0 Å². The maximum absolute atomic E-state index is 3.52. The summed E-state index contributed by atoms with van der Waals surface area (Å²) < 4.78 is 0. The zero-order valence-corrected chi connectivity index (χ0v) is 14.2. The summed E-state index contributed by atoms with van der Waals surface area (Å²) in [7, 11) is 0. The highest BCUT2D eigenvalue weighted by atomic mass is 15.0. The Kier molecular flexibility index (Phi) is 5.70. The SMILES string of the molecule is Cc1ccccc1NCCNCCNc1cccc2ccccc12. The Hall–Kier alpha value is -2.52. The van der Waals surface area contributed by atoms with Crippen LogP contribution in [0.2, 0.25) is 0 Å². The third-order valence-electron chi connectivity index (χ3n) is 4.17. The van der Waals surface area contributed by atoms with Crippen LogP contribution in [0.1, 0.15) is 5.56 Å². The molecule has 3 aromatic carbocycles. The van der Waals surface area contributed by atoms with Gasteiger partial charge in [0, 0.05) is 42.9 Å². The lowest BCUT2D eigenvalue weighted by Gasteiger charge is -2.12. The summed E-state index contributed by atoms with van der Waals surface area (Å²) in [6, 6.07) is 23.3. The van der Waals surface area contributed by atoms with Gasteiger partial charge < -0.3 is 16.0 Å². The molecule has 3 N–H and O–H groups in total. The molecule has 3 nitrogen and oxygen atoms in total. The first-order valence-corrected chi connectivity index (χ1v) is 8.56. The molecule has 3 aromatic rings. The van der Waals surface area contributed by atoms with Crippen molar-refractivity contribution in [2.24, 2.45) is 0 Å². The van der Waals surface area contributed by atoms with Crippen molar-refractivity contribution in [2.75, 3.05) is 36.8 Å². The average Bonchev–Trinajstić information content (AvgIpc) is 2.62. The number of hydrogen-bond acceptors (Lipinski definition) is 3. The van der Waals surface area contributed by atoms with Crippen molar-refractivity contribution in [3.05, 3.63) is 72.3 Å². The quantitative estimate of drug-likeness (QED) is 0.543. The van der Waals surface area contributed by atoms with E-state index in [-0.39, 0.29) is 0 Å². The average molecular weight is 319 g/mol. The predicted molar refractivity (Wildman–Crippen MR) is 105 cm³/mol. The fourth-order valence-corrected chi connectivity index (χ4v) is 2.85. The van der Waals surface area contributed by atoms with E-state index in [2.05, 4.69) is 89.6 Å². The summed E-state index contributed by atoms with van der Waals surface area (Å²) in [5.41, 5.74) is 3.70. The number of anilines is 2. The molecule has 0 fully saturated rings. The van der Waals surface area contributed by atoms with Gasteiger partial charge in [-0.2, -0.15) is 0 Å². The second-order valence-electron chi connectivity index (χ2n) is 5.95. The van der Waals surface area contributed by atoms with Gasteiger partial charge in [0.2, 0.25) is 0 Å². The Labute approximate surface area is 144 Å². The topological polar surface area (TPSA) is 36.1 Å². The molecule has 0 saturated heterocycles. The molecular weight excluding hydrogens is 294 g/mol. The highest BCUT2D eigenvalue weighted by Gasteiger charge is 1.99. The number of hydrogen-bond donors (Lipinski definition) is 3. The van der Waals surface area contributed by atoms with E-state index < -0.39 is 0 Å². The van der Waals surface area contributed by atoms with Gasteiger partial charge in [0.15, 0.2) is 0 Å². The summed E-state index contributed by atoms with van der Waals surface area (Å²) in [6.07, 6.45) is 0. The van der Waals surface area contributed by atoms with Gasteiger partial charge in [-0.1, -0.05) is 54.6 Å². The molecule has 0 heterocycles. The first kappa shape index (κ1) is 16.3. The van der Waals surface area contributed by atoms with E-state index in [1.807, 2.05) is 0 Å². The van der Waals surface area contributed by atoms with E-state index in [1.54, 1.807) is 0 Å². The van der Waals surface area contributed by atoms with Crippen LogP contribution >= 0.6 is 0 Å². The molecule has 3 rings (SSSR count). The molecule has 0 aliphatic heterocycles. The van der Waals surface area contributed by atoms with Crippen LogP contribution in [0.25, 0.3) is 10.8 Å². The van der Waals surface area contributed by atoms with Crippen molar-refractivity contribution in [1.82, 2.24) is 5.32 Å². The Morgan fingerprint density at radius 3 is 2.08 bits per heavy atom. The largest absolute Gasteiger partial charge is 0.384 e. The minimum atomic E-state index is 0.915. The van der Waals surface area contributed by atoms with Crippen molar-refractivity contribution in [3.63, 3.8) is 0 Å². The summed E-state index contributed by atoms with van der Waals surface area (Å²) >= 11 is 0. The van der Waals surface area contributed by atoms with Crippen LogP contribution < -0.4 is 16.0 Å². The minimum absolute atomic E-state index is 0.915. The van der Waals surface area contributed by atoms with Crippen LogP contribution in [-0.4, -0.2) is 26.2 Å². The van der Waals surface area contributed by atoms with Gasteiger partial charge in [-0.25, -0.2) is 0 Å². The smallest absolute Gasteiger partial charge is 0.0420 e. The molecule has 0 amide bonds. The molecule has 124 valence electrons. The maximum atomic E-state index is 3.52. The van der Waals surface area contributed by atoms with Gasteiger partial charge in [-0.05, 0) is 30.0 Å². The van der Waals surface area contributed by atoms with Crippen LogP contribution in [0.4, 0.5) is 11.4 Å². The number of rotatable bonds is 8. The second kappa shape index (κ2) is 8.37. The van der Waals surface area contributed by atoms with Crippen molar-refractivity contribution < 1.29 is 0 Å². The molecule has 0 radical (unpaired) electrons. The van der Waals surface area contributed by atoms with Crippen molar-refractivity contribution >= 4 is 22.1 Å².